The van der Waals surface area contributed by atoms with Crippen LogP contribution in [0.15, 0.2) is 33.1 Å². The third-order valence-corrected chi connectivity index (χ3v) is 3.94. The summed E-state index contributed by atoms with van der Waals surface area (Å²) in [5.41, 5.74) is 6.29. The fraction of sp³-hybridized carbons (Fsp3) is 0.312. The van der Waals surface area contributed by atoms with Gasteiger partial charge in [-0.05, 0) is 19.1 Å². The van der Waals surface area contributed by atoms with Crippen molar-refractivity contribution < 1.29 is 44.0 Å². The molecule has 0 bridgehead atoms. The van der Waals surface area contributed by atoms with Crippen LogP contribution in [0.2, 0.25) is 0 Å². The Bertz CT molecular complexity index is 1050. The van der Waals surface area contributed by atoms with Crippen LogP contribution < -0.4 is 5.73 Å². The summed E-state index contributed by atoms with van der Waals surface area (Å²) in [6.07, 6.45) is -5.08. The molecule has 0 saturated heterocycles. The summed E-state index contributed by atoms with van der Waals surface area (Å²) < 4.78 is 115. The van der Waals surface area contributed by atoms with Crippen LogP contribution in [0.3, 0.4) is 0 Å². The predicted octanol–water partition coefficient (Wildman–Crippen LogP) is 4.91. The van der Waals surface area contributed by atoms with Crippen molar-refractivity contribution in [1.82, 2.24) is 15.2 Å². The Morgan fingerprint density at radius 2 is 1.50 bits per heavy atom. The first kappa shape index (κ1) is 21.5. The summed E-state index contributed by atoms with van der Waals surface area (Å²) in [5.74, 6) is -22.8. The fourth-order valence-corrected chi connectivity index (χ4v) is 2.23. The number of hydrogen-bond acceptors (Lipinski definition) is 6. The largest absolute Gasteiger partial charge is 0.420 e. The first-order chi connectivity index (χ1) is 13.8. The number of halogens is 8. The third-order valence-electron chi connectivity index (χ3n) is 3.94. The lowest BCUT2D eigenvalue weighted by Crippen LogP contribution is -2.56. The van der Waals surface area contributed by atoms with E-state index in [0.29, 0.717) is 5.56 Å². The lowest BCUT2D eigenvalue weighted by atomic mass is 10.1. The van der Waals surface area contributed by atoms with E-state index >= 15 is 0 Å². The molecule has 2 aromatic heterocycles. The quantitative estimate of drug-likeness (QED) is 0.546. The van der Waals surface area contributed by atoms with E-state index in [1.165, 1.54) is 0 Å². The smallest absolute Gasteiger partial charge is 0.392 e. The van der Waals surface area contributed by atoms with Gasteiger partial charge in [0.25, 0.3) is 11.8 Å². The van der Waals surface area contributed by atoms with Gasteiger partial charge < -0.3 is 14.6 Å². The highest BCUT2D eigenvalue weighted by Crippen LogP contribution is 2.53. The molecule has 0 atom stereocenters. The number of nitrogens with two attached hydrogens (primary N) is 1. The molecule has 162 valence electrons. The van der Waals surface area contributed by atoms with E-state index in [9.17, 15) is 35.1 Å². The van der Waals surface area contributed by atoms with Gasteiger partial charge in [-0.25, -0.2) is 13.8 Å². The molecular formula is C16H10F8N4O2. The molecule has 0 aliphatic carbocycles. The molecule has 0 aliphatic rings. The summed E-state index contributed by atoms with van der Waals surface area (Å²) in [4.78, 5) is 3.83. The van der Waals surface area contributed by atoms with Crippen molar-refractivity contribution in [3.63, 3.8) is 0 Å². The van der Waals surface area contributed by atoms with Gasteiger partial charge in [-0.1, -0.05) is 17.7 Å². The molecule has 0 amide bonds. The molecule has 0 fully saturated rings. The van der Waals surface area contributed by atoms with Gasteiger partial charge in [0.05, 0.1) is 0 Å². The highest BCUT2D eigenvalue weighted by atomic mass is 19.4. The van der Waals surface area contributed by atoms with Crippen LogP contribution >= 0.6 is 0 Å². The van der Waals surface area contributed by atoms with E-state index < -0.39 is 47.6 Å². The van der Waals surface area contributed by atoms with Gasteiger partial charge in [0.15, 0.2) is 5.69 Å². The minimum atomic E-state index is -6.54. The Morgan fingerprint density at radius 3 is 2.07 bits per heavy atom. The number of aryl methyl sites for hydroxylation is 1. The second-order valence-electron chi connectivity index (χ2n) is 6.08. The molecule has 2 heterocycles. The molecule has 0 unspecified atom stereocenters. The zero-order valence-electron chi connectivity index (χ0n) is 14.6. The normalized spacial score (nSPS) is 13.3. The maximum Gasteiger partial charge on any atom is 0.392 e. The summed E-state index contributed by atoms with van der Waals surface area (Å²) in [5, 5.41) is 5.59. The lowest BCUT2D eigenvalue weighted by Gasteiger charge is -2.29. The first-order valence-electron chi connectivity index (χ1n) is 7.88. The van der Waals surface area contributed by atoms with Crippen LogP contribution in [-0.2, 0) is 5.92 Å². The standard InChI is InChI=1S/C16H10F8N4O2/c1-6-2-4-7(5-3-6)10-26-8(9(25)29-10)11-27-28-13(30-11)15(21,22)16(23,24)14(19,20)12(17)18/h2-5,12H,25H2,1H3. The fourth-order valence-electron chi connectivity index (χ4n) is 2.23. The van der Waals surface area contributed by atoms with Crippen molar-refractivity contribution in [3.05, 3.63) is 35.7 Å². The molecule has 14 heteroatoms. The average molecular weight is 442 g/mol. The number of benzene rings is 1. The van der Waals surface area contributed by atoms with Crippen molar-refractivity contribution in [2.75, 3.05) is 5.73 Å². The molecule has 0 aliphatic heterocycles. The molecular weight excluding hydrogens is 432 g/mol. The Balaban J connectivity index is 1.98. The number of anilines is 1. The highest BCUT2D eigenvalue weighted by Gasteiger charge is 2.78. The van der Waals surface area contributed by atoms with E-state index in [1.807, 2.05) is 0 Å². The molecule has 0 spiro atoms. The van der Waals surface area contributed by atoms with Crippen LogP contribution in [0.25, 0.3) is 23.0 Å². The molecule has 2 N–H and O–H groups in total. The second-order valence-corrected chi connectivity index (χ2v) is 6.08. The number of rotatable bonds is 6. The molecule has 0 saturated carbocycles. The minimum Gasteiger partial charge on any atom is -0.420 e. The zero-order chi connectivity index (χ0) is 22.5. The van der Waals surface area contributed by atoms with Crippen LogP contribution in [0, 0.1) is 6.92 Å². The van der Waals surface area contributed by atoms with Crippen LogP contribution in [0.1, 0.15) is 11.5 Å². The van der Waals surface area contributed by atoms with Crippen molar-refractivity contribution in [2.24, 2.45) is 0 Å². The maximum absolute atomic E-state index is 13.9. The van der Waals surface area contributed by atoms with E-state index in [0.717, 1.165) is 5.56 Å². The Morgan fingerprint density at radius 1 is 0.900 bits per heavy atom. The third kappa shape index (κ3) is 3.25. The number of hydrogen-bond donors (Lipinski definition) is 1. The molecule has 1 aromatic carbocycles. The van der Waals surface area contributed by atoms with Crippen molar-refractivity contribution in [3.8, 4) is 23.0 Å². The Labute approximate surface area is 161 Å². The highest BCUT2D eigenvalue weighted by molar-refractivity contribution is 5.66. The van der Waals surface area contributed by atoms with Gasteiger partial charge >= 0.3 is 24.2 Å². The van der Waals surface area contributed by atoms with Crippen molar-refractivity contribution in [1.29, 1.82) is 0 Å². The monoisotopic (exact) mass is 442 g/mol. The van der Waals surface area contributed by atoms with E-state index in [2.05, 4.69) is 19.6 Å². The van der Waals surface area contributed by atoms with Gasteiger partial charge in [0.1, 0.15) is 0 Å². The van der Waals surface area contributed by atoms with Crippen LogP contribution in [-0.4, -0.2) is 33.5 Å². The van der Waals surface area contributed by atoms with Gasteiger partial charge in [-0.15, -0.1) is 10.2 Å². The summed E-state index contributed by atoms with van der Waals surface area (Å²) >= 11 is 0. The van der Waals surface area contributed by atoms with E-state index in [4.69, 9.17) is 10.2 Å². The zero-order valence-corrected chi connectivity index (χ0v) is 14.6. The summed E-state index contributed by atoms with van der Waals surface area (Å²) in [7, 11) is 0. The lowest BCUT2D eigenvalue weighted by molar-refractivity contribution is -0.348. The first-order valence-corrected chi connectivity index (χ1v) is 7.88. The number of aromatic nitrogens is 3. The van der Waals surface area contributed by atoms with Gasteiger partial charge in [-0.3, -0.25) is 0 Å². The Hall–Kier alpha value is -3.19. The molecule has 30 heavy (non-hydrogen) atoms. The topological polar surface area (TPSA) is 91.0 Å². The Kier molecular flexibility index (Phi) is 4.99. The van der Waals surface area contributed by atoms with Gasteiger partial charge in [0.2, 0.25) is 11.8 Å². The predicted molar refractivity (Wildman–Crippen MR) is 84.2 cm³/mol. The van der Waals surface area contributed by atoms with E-state index in [1.54, 1.807) is 31.2 Å². The van der Waals surface area contributed by atoms with Crippen LogP contribution in [0.4, 0.5) is 41.0 Å². The van der Waals surface area contributed by atoms with Crippen molar-refractivity contribution >= 4 is 5.88 Å². The van der Waals surface area contributed by atoms with Crippen molar-refractivity contribution in [2.45, 2.75) is 31.1 Å². The molecule has 3 aromatic rings. The number of nitrogen functional groups attached to an aromatic ring is 1. The molecule has 3 rings (SSSR count). The second kappa shape index (κ2) is 6.95. The van der Waals surface area contributed by atoms with E-state index in [-0.39, 0.29) is 5.89 Å². The average Bonchev–Trinajstić information content (AvgIpc) is 3.29. The number of nitrogens with zero attached hydrogens (tertiary/aromatic N) is 3. The number of oxazole rings is 1. The summed E-state index contributed by atoms with van der Waals surface area (Å²) in [6.45, 7) is 1.80. The van der Waals surface area contributed by atoms with Crippen LogP contribution in [0.5, 0.6) is 0 Å². The maximum atomic E-state index is 13.9. The molecule has 0 radical (unpaired) electrons. The minimum absolute atomic E-state index is 0.122. The SMILES string of the molecule is Cc1ccc(-c2nc(-c3nnc(C(F)(F)C(F)(F)C(F)(F)C(F)F)o3)c(N)o2)cc1. The summed E-state index contributed by atoms with van der Waals surface area (Å²) in [6, 6.07) is 6.52. The molecule has 6 nitrogen and oxygen atoms in total. The van der Waals surface area contributed by atoms with Gasteiger partial charge in [0, 0.05) is 5.56 Å². The van der Waals surface area contributed by atoms with Gasteiger partial charge in [-0.2, -0.15) is 26.3 Å². The number of alkyl halides is 8.